The second kappa shape index (κ2) is 4.65. The van der Waals surface area contributed by atoms with E-state index in [4.69, 9.17) is 0 Å². The van der Waals surface area contributed by atoms with Gasteiger partial charge in [-0.2, -0.15) is 0 Å². The average molecular weight is 194 g/mol. The molecule has 0 spiro atoms. The van der Waals surface area contributed by atoms with E-state index in [1.165, 1.54) is 0 Å². The summed E-state index contributed by atoms with van der Waals surface area (Å²) >= 11 is 0. The van der Waals surface area contributed by atoms with Crippen molar-refractivity contribution in [2.45, 2.75) is 32.9 Å². The molecule has 1 atom stereocenters. The Kier molecular flexibility index (Phi) is 3.76. The van der Waals surface area contributed by atoms with E-state index in [1.54, 1.807) is 0 Å². The van der Waals surface area contributed by atoms with E-state index >= 15 is 0 Å². The van der Waals surface area contributed by atoms with Crippen LogP contribution in [0.4, 0.5) is 0 Å². The highest BCUT2D eigenvalue weighted by Gasteiger charge is 2.24. The van der Waals surface area contributed by atoms with Crippen molar-refractivity contribution < 1.29 is 0 Å². The molecule has 14 heavy (non-hydrogen) atoms. The number of hydrogen-bond donors (Lipinski definition) is 0. The minimum absolute atomic E-state index is 0.552. The zero-order valence-electron chi connectivity index (χ0n) is 9.66. The molecule has 1 saturated heterocycles. The van der Waals surface area contributed by atoms with Crippen LogP contribution in [0, 0.1) is 0 Å². The predicted octanol–water partition coefficient (Wildman–Crippen LogP) is 2.10. The van der Waals surface area contributed by atoms with Gasteiger partial charge >= 0.3 is 0 Å². The number of nitrogens with zero attached hydrogens (tertiary/aromatic N) is 2. The maximum atomic E-state index is 4.01. The third-order valence-corrected chi connectivity index (χ3v) is 2.99. The van der Waals surface area contributed by atoms with Gasteiger partial charge in [0.2, 0.25) is 0 Å². The summed E-state index contributed by atoms with van der Waals surface area (Å²) in [7, 11) is 0. The van der Waals surface area contributed by atoms with Crippen molar-refractivity contribution in [2.24, 2.45) is 0 Å². The van der Waals surface area contributed by atoms with Crippen LogP contribution in [0.5, 0.6) is 0 Å². The van der Waals surface area contributed by atoms with Crippen LogP contribution in [0.15, 0.2) is 24.9 Å². The molecule has 0 aliphatic carbocycles. The summed E-state index contributed by atoms with van der Waals surface area (Å²) in [5.41, 5.74) is 1.06. The molecular weight excluding hydrogens is 172 g/mol. The first-order chi connectivity index (χ1) is 6.56. The fourth-order valence-corrected chi connectivity index (χ4v) is 2.00. The first kappa shape index (κ1) is 11.3. The Bertz CT molecular complexity index is 220. The average Bonchev–Trinajstić information content (AvgIpc) is 2.16. The second-order valence-electron chi connectivity index (χ2n) is 4.33. The molecule has 0 saturated carbocycles. The van der Waals surface area contributed by atoms with Gasteiger partial charge in [0.1, 0.15) is 0 Å². The Balaban J connectivity index is 2.56. The Morgan fingerprint density at radius 3 is 2.50 bits per heavy atom. The van der Waals surface area contributed by atoms with Gasteiger partial charge in [0.25, 0.3) is 0 Å². The summed E-state index contributed by atoms with van der Waals surface area (Å²) in [6.45, 7) is 17.9. The van der Waals surface area contributed by atoms with Gasteiger partial charge in [0.05, 0.1) is 0 Å². The summed E-state index contributed by atoms with van der Waals surface area (Å²) in [6, 6.07) is 1.20. The van der Waals surface area contributed by atoms with Crippen molar-refractivity contribution >= 4 is 0 Å². The first-order valence-corrected chi connectivity index (χ1v) is 5.38. The van der Waals surface area contributed by atoms with Crippen LogP contribution in [0.25, 0.3) is 0 Å². The van der Waals surface area contributed by atoms with Crippen LogP contribution in [-0.4, -0.2) is 41.5 Å². The van der Waals surface area contributed by atoms with Gasteiger partial charge < -0.3 is 4.90 Å². The Morgan fingerprint density at radius 2 is 2.07 bits per heavy atom. The smallest absolute Gasteiger partial charge is 0.0389 e. The molecule has 1 fully saturated rings. The van der Waals surface area contributed by atoms with Crippen LogP contribution >= 0.6 is 0 Å². The Hall–Kier alpha value is -0.760. The lowest BCUT2D eigenvalue weighted by molar-refractivity contribution is 0.0909. The zero-order valence-corrected chi connectivity index (χ0v) is 9.66. The quantitative estimate of drug-likeness (QED) is 0.635. The molecule has 80 valence electrons. The third kappa shape index (κ3) is 2.38. The van der Waals surface area contributed by atoms with E-state index in [-0.39, 0.29) is 0 Å². The highest BCUT2D eigenvalue weighted by Crippen LogP contribution is 2.16. The van der Waals surface area contributed by atoms with E-state index < -0.39 is 0 Å². The molecule has 2 nitrogen and oxygen atoms in total. The van der Waals surface area contributed by atoms with Crippen molar-refractivity contribution in [3.05, 3.63) is 24.9 Å². The van der Waals surface area contributed by atoms with Gasteiger partial charge in [-0.05, 0) is 26.8 Å². The lowest BCUT2D eigenvalue weighted by atomic mass is 10.1. The molecule has 1 aliphatic rings. The first-order valence-electron chi connectivity index (χ1n) is 5.38. The van der Waals surface area contributed by atoms with Crippen LogP contribution in [-0.2, 0) is 0 Å². The van der Waals surface area contributed by atoms with Gasteiger partial charge in [-0.3, -0.25) is 4.90 Å². The van der Waals surface area contributed by atoms with Crippen molar-refractivity contribution in [3.63, 3.8) is 0 Å². The van der Waals surface area contributed by atoms with Crippen molar-refractivity contribution in [2.75, 3.05) is 19.6 Å². The molecule has 0 amide bonds. The predicted molar refractivity (Wildman–Crippen MR) is 62.2 cm³/mol. The second-order valence-corrected chi connectivity index (χ2v) is 4.33. The van der Waals surface area contributed by atoms with Gasteiger partial charge in [-0.15, -0.1) is 0 Å². The highest BCUT2D eigenvalue weighted by atomic mass is 15.3. The van der Waals surface area contributed by atoms with Crippen LogP contribution in [0.2, 0.25) is 0 Å². The standard InChI is InChI=1S/C12H22N2/c1-6-11(4)14-8-7-13(10(2)3)9-12(14)5/h6,10,12H,1,4,7-9H2,2-3,5H3. The number of piperazine rings is 1. The van der Waals surface area contributed by atoms with Crippen molar-refractivity contribution in [3.8, 4) is 0 Å². The Labute approximate surface area is 87.9 Å². The van der Waals surface area contributed by atoms with E-state index in [1.807, 2.05) is 6.08 Å². The normalized spacial score (nSPS) is 24.0. The summed E-state index contributed by atoms with van der Waals surface area (Å²) in [4.78, 5) is 4.85. The van der Waals surface area contributed by atoms with E-state index in [0.717, 1.165) is 25.3 Å². The maximum absolute atomic E-state index is 4.01. The topological polar surface area (TPSA) is 6.48 Å². The summed E-state index contributed by atoms with van der Waals surface area (Å²) in [5.74, 6) is 0. The lowest BCUT2D eigenvalue weighted by Crippen LogP contribution is -2.52. The minimum atomic E-state index is 0.552. The molecule has 0 N–H and O–H groups in total. The fraction of sp³-hybridized carbons (Fsp3) is 0.667. The van der Waals surface area contributed by atoms with Crippen LogP contribution < -0.4 is 0 Å². The van der Waals surface area contributed by atoms with Gasteiger partial charge in [-0.25, -0.2) is 0 Å². The molecular formula is C12H22N2. The largest absolute Gasteiger partial charge is 0.367 e. The molecule has 1 rings (SSSR count). The van der Waals surface area contributed by atoms with Gasteiger partial charge in [0.15, 0.2) is 0 Å². The molecule has 2 heteroatoms. The number of rotatable bonds is 3. The van der Waals surface area contributed by atoms with E-state index in [2.05, 4.69) is 43.7 Å². The number of hydrogen-bond acceptors (Lipinski definition) is 2. The fourth-order valence-electron chi connectivity index (χ4n) is 2.00. The third-order valence-electron chi connectivity index (χ3n) is 2.99. The molecule has 0 aromatic carbocycles. The maximum Gasteiger partial charge on any atom is 0.0389 e. The zero-order chi connectivity index (χ0) is 10.7. The van der Waals surface area contributed by atoms with Crippen LogP contribution in [0.3, 0.4) is 0 Å². The van der Waals surface area contributed by atoms with Crippen molar-refractivity contribution in [1.29, 1.82) is 0 Å². The Morgan fingerprint density at radius 1 is 1.43 bits per heavy atom. The SMILES string of the molecule is C=CC(=C)N1CCN(C(C)C)CC1C. The van der Waals surface area contributed by atoms with E-state index in [9.17, 15) is 0 Å². The highest BCUT2D eigenvalue weighted by molar-refractivity contribution is 5.12. The number of allylic oxidation sites excluding steroid dienone is 1. The van der Waals surface area contributed by atoms with Crippen LogP contribution in [0.1, 0.15) is 20.8 Å². The summed E-state index contributed by atoms with van der Waals surface area (Å²) in [6.07, 6.45) is 1.85. The summed E-state index contributed by atoms with van der Waals surface area (Å²) < 4.78 is 0. The van der Waals surface area contributed by atoms with Gasteiger partial charge in [0, 0.05) is 37.4 Å². The molecule has 0 aromatic heterocycles. The molecule has 1 unspecified atom stereocenters. The summed E-state index contributed by atoms with van der Waals surface area (Å²) in [5, 5.41) is 0. The van der Waals surface area contributed by atoms with E-state index in [0.29, 0.717) is 12.1 Å². The molecule has 1 heterocycles. The minimum Gasteiger partial charge on any atom is -0.367 e. The monoisotopic (exact) mass is 194 g/mol. The van der Waals surface area contributed by atoms with Gasteiger partial charge in [-0.1, -0.05) is 13.2 Å². The lowest BCUT2D eigenvalue weighted by Gasteiger charge is -2.43. The van der Waals surface area contributed by atoms with Crippen molar-refractivity contribution in [1.82, 2.24) is 9.80 Å². The molecule has 0 aromatic rings. The molecule has 0 bridgehead atoms. The molecule has 0 radical (unpaired) electrons. The molecule has 1 aliphatic heterocycles.